The normalized spacial score (nSPS) is 11.8. The molecule has 0 aliphatic carbocycles. The standard InChI is InChI=1S/C7H3ClF3NO4S/c8-17(15,16)5-2-3(12(13)14)1-4(9)6(5)7(10)11/h1-2,7H. The van der Waals surface area contributed by atoms with Crippen molar-refractivity contribution in [2.75, 3.05) is 0 Å². The summed E-state index contributed by atoms with van der Waals surface area (Å²) in [7, 11) is 0.0968. The highest BCUT2D eigenvalue weighted by Gasteiger charge is 2.29. The van der Waals surface area contributed by atoms with Gasteiger partial charge in [0, 0.05) is 16.7 Å². The molecule has 0 saturated heterocycles. The topological polar surface area (TPSA) is 77.3 Å². The summed E-state index contributed by atoms with van der Waals surface area (Å²) < 4.78 is 59.8. The van der Waals surface area contributed by atoms with Crippen molar-refractivity contribution in [2.45, 2.75) is 11.3 Å². The van der Waals surface area contributed by atoms with Crippen molar-refractivity contribution in [2.24, 2.45) is 0 Å². The van der Waals surface area contributed by atoms with Crippen LogP contribution in [0.15, 0.2) is 17.0 Å². The summed E-state index contributed by atoms with van der Waals surface area (Å²) >= 11 is 0. The van der Waals surface area contributed by atoms with E-state index >= 15 is 0 Å². The number of hydrogen-bond donors (Lipinski definition) is 0. The van der Waals surface area contributed by atoms with Gasteiger partial charge in [0.25, 0.3) is 21.2 Å². The molecule has 0 spiro atoms. The first-order valence-electron chi connectivity index (χ1n) is 3.85. The first-order chi connectivity index (χ1) is 7.64. The zero-order valence-corrected chi connectivity index (χ0v) is 9.30. The number of non-ortho nitro benzene ring substituents is 1. The zero-order chi connectivity index (χ0) is 13.4. The predicted molar refractivity (Wildman–Crippen MR) is 51.1 cm³/mol. The maximum absolute atomic E-state index is 13.1. The Morgan fingerprint density at radius 1 is 1.35 bits per heavy atom. The molecule has 0 heterocycles. The summed E-state index contributed by atoms with van der Waals surface area (Å²) in [5, 5.41) is 10.3. The Morgan fingerprint density at radius 3 is 2.24 bits per heavy atom. The first-order valence-corrected chi connectivity index (χ1v) is 6.16. The van der Waals surface area contributed by atoms with Crippen LogP contribution in [0.3, 0.4) is 0 Å². The molecular formula is C7H3ClF3NO4S. The second kappa shape index (κ2) is 4.49. The van der Waals surface area contributed by atoms with Gasteiger partial charge in [-0.15, -0.1) is 0 Å². The SMILES string of the molecule is O=[N+]([O-])c1cc(F)c(C(F)F)c(S(=O)(=O)Cl)c1. The van der Waals surface area contributed by atoms with Crippen molar-refractivity contribution >= 4 is 25.4 Å². The van der Waals surface area contributed by atoms with Crippen molar-refractivity contribution in [3.8, 4) is 0 Å². The lowest BCUT2D eigenvalue weighted by Gasteiger charge is -2.06. The van der Waals surface area contributed by atoms with E-state index in [0.717, 1.165) is 0 Å². The molecule has 17 heavy (non-hydrogen) atoms. The van der Waals surface area contributed by atoms with Gasteiger partial charge in [0.05, 0.1) is 16.6 Å². The van der Waals surface area contributed by atoms with E-state index in [1.54, 1.807) is 0 Å². The highest BCUT2D eigenvalue weighted by Crippen LogP contribution is 2.34. The third-order valence-electron chi connectivity index (χ3n) is 1.77. The van der Waals surface area contributed by atoms with Crippen LogP contribution in [0.2, 0.25) is 0 Å². The molecule has 0 aliphatic rings. The summed E-state index contributed by atoms with van der Waals surface area (Å²) in [5.41, 5.74) is -2.46. The number of alkyl halides is 2. The van der Waals surface area contributed by atoms with Gasteiger partial charge >= 0.3 is 0 Å². The second-order valence-corrected chi connectivity index (χ2v) is 5.37. The summed E-state index contributed by atoms with van der Waals surface area (Å²) in [6, 6.07) is 0.486. The summed E-state index contributed by atoms with van der Waals surface area (Å²) in [6.07, 6.45) is -3.46. The molecular weight excluding hydrogens is 287 g/mol. The zero-order valence-electron chi connectivity index (χ0n) is 7.73. The molecule has 94 valence electrons. The fourth-order valence-electron chi connectivity index (χ4n) is 1.10. The number of hydrogen-bond acceptors (Lipinski definition) is 4. The molecule has 1 aromatic rings. The molecule has 0 aliphatic heterocycles. The van der Waals surface area contributed by atoms with Crippen LogP contribution in [-0.2, 0) is 9.05 Å². The van der Waals surface area contributed by atoms with E-state index < -0.39 is 42.4 Å². The van der Waals surface area contributed by atoms with Crippen LogP contribution in [-0.4, -0.2) is 13.3 Å². The molecule has 0 unspecified atom stereocenters. The maximum atomic E-state index is 13.1. The number of rotatable bonds is 3. The Labute approximate surface area is 97.4 Å². The Bertz CT molecular complexity index is 575. The van der Waals surface area contributed by atoms with Crippen molar-refractivity contribution in [1.29, 1.82) is 0 Å². The molecule has 1 rings (SSSR count). The molecule has 0 fully saturated rings. The quantitative estimate of drug-likeness (QED) is 0.487. The number of nitrogens with zero attached hydrogens (tertiary/aromatic N) is 1. The molecule has 10 heteroatoms. The van der Waals surface area contributed by atoms with E-state index in [1.165, 1.54) is 0 Å². The summed E-state index contributed by atoms with van der Waals surface area (Å²) in [6.45, 7) is 0. The van der Waals surface area contributed by atoms with E-state index in [2.05, 4.69) is 0 Å². The lowest BCUT2D eigenvalue weighted by molar-refractivity contribution is -0.385. The minimum atomic E-state index is -4.71. The lowest BCUT2D eigenvalue weighted by Crippen LogP contribution is -2.04. The van der Waals surface area contributed by atoms with Crippen LogP contribution in [0, 0.1) is 15.9 Å². The van der Waals surface area contributed by atoms with Gasteiger partial charge < -0.3 is 0 Å². The highest BCUT2D eigenvalue weighted by molar-refractivity contribution is 8.13. The minimum Gasteiger partial charge on any atom is -0.258 e. The van der Waals surface area contributed by atoms with E-state index in [1.807, 2.05) is 0 Å². The number of benzene rings is 1. The van der Waals surface area contributed by atoms with Crippen LogP contribution >= 0.6 is 10.7 Å². The summed E-state index contributed by atoms with van der Waals surface area (Å²) in [4.78, 5) is 7.90. The molecule has 0 amide bonds. The fraction of sp³-hybridized carbons (Fsp3) is 0.143. The van der Waals surface area contributed by atoms with Gasteiger partial charge in [0.15, 0.2) is 0 Å². The van der Waals surface area contributed by atoms with Crippen molar-refractivity contribution in [1.82, 2.24) is 0 Å². The van der Waals surface area contributed by atoms with Crippen LogP contribution in [0.1, 0.15) is 12.0 Å². The predicted octanol–water partition coefficient (Wildman–Crippen LogP) is 2.60. The van der Waals surface area contributed by atoms with E-state index in [9.17, 15) is 31.7 Å². The van der Waals surface area contributed by atoms with Gasteiger partial charge in [-0.25, -0.2) is 21.6 Å². The summed E-state index contributed by atoms with van der Waals surface area (Å²) in [5.74, 6) is -1.70. The van der Waals surface area contributed by atoms with E-state index in [-0.39, 0.29) is 12.1 Å². The maximum Gasteiger partial charge on any atom is 0.273 e. The molecule has 0 aromatic heterocycles. The van der Waals surface area contributed by atoms with Crippen molar-refractivity contribution in [3.05, 3.63) is 33.6 Å². The smallest absolute Gasteiger partial charge is 0.258 e. The van der Waals surface area contributed by atoms with Gasteiger partial charge in [-0.2, -0.15) is 0 Å². The Morgan fingerprint density at radius 2 is 1.88 bits per heavy atom. The monoisotopic (exact) mass is 289 g/mol. The van der Waals surface area contributed by atoms with Crippen molar-refractivity contribution in [3.63, 3.8) is 0 Å². The molecule has 0 N–H and O–H groups in total. The van der Waals surface area contributed by atoms with Crippen molar-refractivity contribution < 1.29 is 26.5 Å². The number of halogens is 4. The van der Waals surface area contributed by atoms with Crippen LogP contribution in [0.25, 0.3) is 0 Å². The average Bonchev–Trinajstić information content (AvgIpc) is 2.14. The lowest BCUT2D eigenvalue weighted by atomic mass is 10.2. The molecule has 5 nitrogen and oxygen atoms in total. The molecule has 0 saturated carbocycles. The minimum absolute atomic E-state index is 0.201. The van der Waals surface area contributed by atoms with E-state index in [4.69, 9.17) is 10.7 Å². The highest BCUT2D eigenvalue weighted by atomic mass is 35.7. The van der Waals surface area contributed by atoms with E-state index in [0.29, 0.717) is 0 Å². The third kappa shape index (κ3) is 2.86. The van der Waals surface area contributed by atoms with Gasteiger partial charge in [-0.3, -0.25) is 10.1 Å². The van der Waals surface area contributed by atoms with Gasteiger partial charge in [-0.1, -0.05) is 0 Å². The second-order valence-electron chi connectivity index (χ2n) is 2.84. The number of nitro benzene ring substituents is 1. The molecule has 0 atom stereocenters. The van der Waals surface area contributed by atoms with Gasteiger partial charge in [0.2, 0.25) is 0 Å². The Kier molecular flexibility index (Phi) is 3.62. The average molecular weight is 290 g/mol. The first kappa shape index (κ1) is 13.7. The van der Waals surface area contributed by atoms with Crippen LogP contribution in [0.5, 0.6) is 0 Å². The molecule has 0 bridgehead atoms. The van der Waals surface area contributed by atoms with Gasteiger partial charge in [-0.05, 0) is 0 Å². The Balaban J connectivity index is 3.69. The molecule has 1 aromatic carbocycles. The van der Waals surface area contributed by atoms with Gasteiger partial charge in [0.1, 0.15) is 10.7 Å². The fourth-order valence-corrected chi connectivity index (χ4v) is 2.19. The van der Waals surface area contributed by atoms with Crippen LogP contribution in [0.4, 0.5) is 18.9 Å². The van der Waals surface area contributed by atoms with Crippen LogP contribution < -0.4 is 0 Å². The number of nitro groups is 1. The third-order valence-corrected chi connectivity index (χ3v) is 3.13. The molecule has 0 radical (unpaired) electrons. The Hall–Kier alpha value is -1.35. The largest absolute Gasteiger partial charge is 0.273 e.